The third kappa shape index (κ3) is 4.94. The molecule has 2 aromatic rings. The van der Waals surface area contributed by atoms with Gasteiger partial charge < -0.3 is 19.5 Å². The molecule has 0 radical (unpaired) electrons. The van der Waals surface area contributed by atoms with E-state index in [0.717, 1.165) is 0 Å². The van der Waals surface area contributed by atoms with Crippen molar-refractivity contribution in [1.82, 2.24) is 0 Å². The fourth-order valence-corrected chi connectivity index (χ4v) is 2.33. The van der Waals surface area contributed by atoms with Crippen molar-refractivity contribution in [3.05, 3.63) is 46.4 Å². The molecule has 1 N–H and O–H groups in total. The van der Waals surface area contributed by atoms with Gasteiger partial charge in [0.05, 0.1) is 38.0 Å². The van der Waals surface area contributed by atoms with Gasteiger partial charge in [-0.2, -0.15) is 0 Å². The number of amides is 1. The Morgan fingerprint density at radius 2 is 1.71 bits per heavy atom. The Morgan fingerprint density at radius 1 is 1.04 bits per heavy atom. The van der Waals surface area contributed by atoms with Crippen molar-refractivity contribution in [2.24, 2.45) is 0 Å². The maximum absolute atomic E-state index is 12.0. The first-order chi connectivity index (χ1) is 11.5. The molecule has 0 aliphatic rings. The molecule has 2 aromatic carbocycles. The van der Waals surface area contributed by atoms with E-state index < -0.39 is 0 Å². The summed E-state index contributed by atoms with van der Waals surface area (Å²) in [5.74, 6) is 1.36. The van der Waals surface area contributed by atoms with E-state index in [9.17, 15) is 4.79 Å². The van der Waals surface area contributed by atoms with Gasteiger partial charge in [0.2, 0.25) is 5.91 Å². The molecule has 2 rings (SSSR count). The van der Waals surface area contributed by atoms with Crippen LogP contribution in [0, 0.1) is 0 Å². The molecule has 0 atom stereocenters. The number of anilines is 1. The lowest BCUT2D eigenvalue weighted by atomic mass is 10.2. The highest BCUT2D eigenvalue weighted by atomic mass is 35.5. The molecule has 7 heteroatoms. The monoisotopic (exact) mass is 369 g/mol. The van der Waals surface area contributed by atoms with Gasteiger partial charge in [-0.15, -0.1) is 0 Å². The zero-order valence-corrected chi connectivity index (χ0v) is 14.8. The number of nitrogens with one attached hydrogen (secondary N) is 1. The minimum atomic E-state index is -0.219. The summed E-state index contributed by atoms with van der Waals surface area (Å²) in [7, 11) is 3.01. The van der Waals surface area contributed by atoms with E-state index in [1.54, 1.807) is 36.4 Å². The summed E-state index contributed by atoms with van der Waals surface area (Å²) in [6.45, 7) is 0.236. The second-order valence-corrected chi connectivity index (χ2v) is 5.63. The lowest BCUT2D eigenvalue weighted by Gasteiger charge is -2.13. The van der Waals surface area contributed by atoms with Crippen LogP contribution in [0.3, 0.4) is 0 Å². The van der Waals surface area contributed by atoms with Crippen molar-refractivity contribution in [2.45, 2.75) is 6.42 Å². The van der Waals surface area contributed by atoms with Crippen LogP contribution >= 0.6 is 23.2 Å². The average molecular weight is 370 g/mol. The number of ether oxygens (including phenoxy) is 3. The van der Waals surface area contributed by atoms with Crippen molar-refractivity contribution in [3.8, 4) is 17.2 Å². The molecule has 0 aliphatic carbocycles. The molecule has 0 aromatic heterocycles. The maximum atomic E-state index is 12.0. The lowest BCUT2D eigenvalue weighted by Crippen LogP contribution is -2.15. The third-order valence-corrected chi connectivity index (χ3v) is 3.71. The fraction of sp³-hybridized carbons (Fsp3) is 0.235. The summed E-state index contributed by atoms with van der Waals surface area (Å²) in [5, 5.41) is 3.75. The molecule has 0 saturated carbocycles. The second kappa shape index (κ2) is 8.66. The van der Waals surface area contributed by atoms with E-state index in [4.69, 9.17) is 37.4 Å². The summed E-state index contributed by atoms with van der Waals surface area (Å²) in [6.07, 6.45) is 0.176. The van der Waals surface area contributed by atoms with Gasteiger partial charge in [-0.05, 0) is 30.3 Å². The minimum absolute atomic E-state index is 0.176. The quantitative estimate of drug-likeness (QED) is 0.784. The highest BCUT2D eigenvalue weighted by Gasteiger charge is 2.12. The number of benzene rings is 2. The van der Waals surface area contributed by atoms with E-state index >= 15 is 0 Å². The average Bonchev–Trinajstić information content (AvgIpc) is 2.57. The first kappa shape index (κ1) is 18.2. The maximum Gasteiger partial charge on any atom is 0.227 e. The largest absolute Gasteiger partial charge is 0.495 e. The van der Waals surface area contributed by atoms with Crippen molar-refractivity contribution in [2.75, 3.05) is 26.1 Å². The number of hydrogen-bond donors (Lipinski definition) is 1. The summed E-state index contributed by atoms with van der Waals surface area (Å²) >= 11 is 11.9. The van der Waals surface area contributed by atoms with Crippen molar-refractivity contribution < 1.29 is 19.0 Å². The van der Waals surface area contributed by atoms with Crippen LogP contribution in [0.5, 0.6) is 17.2 Å². The predicted molar refractivity (Wildman–Crippen MR) is 94.7 cm³/mol. The van der Waals surface area contributed by atoms with Crippen LogP contribution in [-0.2, 0) is 4.79 Å². The Labute approximate surface area is 150 Å². The van der Waals surface area contributed by atoms with Crippen LogP contribution in [0.25, 0.3) is 0 Å². The summed E-state index contributed by atoms with van der Waals surface area (Å²) in [6, 6.07) is 10.1. The summed E-state index contributed by atoms with van der Waals surface area (Å²) < 4.78 is 15.8. The molecular formula is C17H17Cl2NO4. The van der Waals surface area contributed by atoms with Crippen LogP contribution in [-0.4, -0.2) is 26.7 Å². The minimum Gasteiger partial charge on any atom is -0.495 e. The molecule has 0 bridgehead atoms. The Kier molecular flexibility index (Phi) is 6.58. The lowest BCUT2D eigenvalue weighted by molar-refractivity contribution is -0.116. The molecule has 24 heavy (non-hydrogen) atoms. The van der Waals surface area contributed by atoms with Gasteiger partial charge in [0.15, 0.2) is 0 Å². The van der Waals surface area contributed by atoms with Crippen LogP contribution < -0.4 is 19.5 Å². The molecule has 1 amide bonds. The van der Waals surface area contributed by atoms with E-state index in [-0.39, 0.29) is 18.9 Å². The van der Waals surface area contributed by atoms with E-state index in [2.05, 4.69) is 5.32 Å². The SMILES string of the molecule is COc1cc(OC)c(NC(=O)CCOc2ccc(Cl)cc2)cc1Cl. The first-order valence-electron chi connectivity index (χ1n) is 7.13. The van der Waals surface area contributed by atoms with Crippen LogP contribution in [0.4, 0.5) is 5.69 Å². The summed E-state index contributed by atoms with van der Waals surface area (Å²) in [4.78, 5) is 12.0. The van der Waals surface area contributed by atoms with Crippen LogP contribution in [0.2, 0.25) is 10.0 Å². The number of hydrogen-bond acceptors (Lipinski definition) is 4. The Hall–Kier alpha value is -2.11. The van der Waals surface area contributed by atoms with Gasteiger partial charge in [-0.25, -0.2) is 0 Å². The van der Waals surface area contributed by atoms with Gasteiger partial charge in [-0.3, -0.25) is 4.79 Å². The van der Waals surface area contributed by atoms with Crippen LogP contribution in [0.1, 0.15) is 6.42 Å². The molecule has 128 valence electrons. The number of halogens is 2. The van der Waals surface area contributed by atoms with Crippen molar-refractivity contribution in [3.63, 3.8) is 0 Å². The molecule has 0 aliphatic heterocycles. The molecule has 0 saturated heterocycles. The molecule has 0 spiro atoms. The zero-order chi connectivity index (χ0) is 17.5. The van der Waals surface area contributed by atoms with Crippen molar-refractivity contribution >= 4 is 34.8 Å². The molecule has 0 unspecified atom stereocenters. The molecule has 0 fully saturated rings. The van der Waals surface area contributed by atoms with E-state index in [1.807, 2.05) is 0 Å². The molecule has 0 heterocycles. The van der Waals surface area contributed by atoms with E-state index in [1.165, 1.54) is 14.2 Å². The number of rotatable bonds is 7. The fourth-order valence-electron chi connectivity index (χ4n) is 1.96. The van der Waals surface area contributed by atoms with Gasteiger partial charge in [0, 0.05) is 11.1 Å². The number of carbonyl (C=O) groups excluding carboxylic acids is 1. The van der Waals surface area contributed by atoms with Crippen molar-refractivity contribution in [1.29, 1.82) is 0 Å². The van der Waals surface area contributed by atoms with Gasteiger partial charge in [0.25, 0.3) is 0 Å². The molecule has 5 nitrogen and oxygen atoms in total. The Morgan fingerprint density at radius 3 is 2.33 bits per heavy atom. The summed E-state index contributed by atoms with van der Waals surface area (Å²) in [5.41, 5.74) is 0.472. The van der Waals surface area contributed by atoms with Gasteiger partial charge in [0.1, 0.15) is 17.2 Å². The standard InChI is InChI=1S/C17H17Cl2NO4/c1-22-15-10-16(23-2)14(9-13(15)19)20-17(21)7-8-24-12-5-3-11(18)4-6-12/h3-6,9-10H,7-8H2,1-2H3,(H,20,21). The predicted octanol–water partition coefficient (Wildman–Crippen LogP) is 4.42. The molecular weight excluding hydrogens is 353 g/mol. The number of carbonyl (C=O) groups is 1. The topological polar surface area (TPSA) is 56.8 Å². The zero-order valence-electron chi connectivity index (χ0n) is 13.3. The highest BCUT2D eigenvalue weighted by Crippen LogP contribution is 2.35. The van der Waals surface area contributed by atoms with Gasteiger partial charge in [-0.1, -0.05) is 23.2 Å². The highest BCUT2D eigenvalue weighted by molar-refractivity contribution is 6.32. The first-order valence-corrected chi connectivity index (χ1v) is 7.89. The Balaban J connectivity index is 1.92. The third-order valence-electron chi connectivity index (χ3n) is 3.16. The Bertz CT molecular complexity index is 704. The smallest absolute Gasteiger partial charge is 0.227 e. The normalized spacial score (nSPS) is 10.2. The number of methoxy groups -OCH3 is 2. The van der Waals surface area contributed by atoms with Gasteiger partial charge >= 0.3 is 0 Å². The van der Waals surface area contributed by atoms with E-state index in [0.29, 0.717) is 33.0 Å². The van der Waals surface area contributed by atoms with Crippen LogP contribution in [0.15, 0.2) is 36.4 Å². The second-order valence-electron chi connectivity index (χ2n) is 4.79.